The molecule has 2 amide bonds. The first-order chi connectivity index (χ1) is 15.4. The second kappa shape index (κ2) is 10.7. The van der Waals surface area contributed by atoms with Crippen LogP contribution in [0.4, 0.5) is 0 Å². The molecule has 1 atom stereocenters. The van der Waals surface area contributed by atoms with Gasteiger partial charge in [-0.2, -0.15) is 0 Å². The average Bonchev–Trinajstić information content (AvgIpc) is 3.04. The average molecular weight is 445 g/mol. The fourth-order valence-electron chi connectivity index (χ4n) is 4.31. The maximum Gasteiger partial charge on any atom is 0.267 e. The summed E-state index contributed by atoms with van der Waals surface area (Å²) in [6.07, 6.45) is 5.33. The molecule has 3 rings (SSSR count). The highest BCUT2D eigenvalue weighted by atomic mass is 16.6. The van der Waals surface area contributed by atoms with E-state index in [1.807, 2.05) is 18.2 Å². The number of likely N-dealkylation sites (N-methyl/N-ethyl adjacent to an activating group) is 1. The summed E-state index contributed by atoms with van der Waals surface area (Å²) in [5.41, 5.74) is -0.647. The van der Waals surface area contributed by atoms with Crippen LogP contribution in [0.2, 0.25) is 0 Å². The molecular weight excluding hydrogens is 408 g/mol. The largest absolute Gasteiger partial charge is 0.485 e. The van der Waals surface area contributed by atoms with Gasteiger partial charge in [0.15, 0.2) is 17.5 Å². The van der Waals surface area contributed by atoms with Gasteiger partial charge in [0.25, 0.3) is 11.8 Å². The minimum atomic E-state index is -0.681. The number of para-hydroxylation sites is 2. The van der Waals surface area contributed by atoms with Gasteiger partial charge in [-0.3, -0.25) is 19.9 Å². The molecule has 2 heterocycles. The summed E-state index contributed by atoms with van der Waals surface area (Å²) < 4.78 is 11.5. The number of nitrogens with one attached hydrogen (secondary N) is 2. The Balaban J connectivity index is 1.52. The Labute approximate surface area is 190 Å². The van der Waals surface area contributed by atoms with E-state index in [-0.39, 0.29) is 24.4 Å². The molecule has 1 fully saturated rings. The third-order valence-corrected chi connectivity index (χ3v) is 6.23. The number of benzene rings is 1. The monoisotopic (exact) mass is 444 g/mol. The summed E-state index contributed by atoms with van der Waals surface area (Å²) >= 11 is 0. The van der Waals surface area contributed by atoms with Gasteiger partial charge in [0.2, 0.25) is 6.10 Å². The van der Waals surface area contributed by atoms with Crippen LogP contribution in [0, 0.1) is 5.41 Å². The van der Waals surface area contributed by atoms with Crippen molar-refractivity contribution in [2.75, 3.05) is 26.7 Å². The second-order valence-corrected chi connectivity index (χ2v) is 8.70. The maximum absolute atomic E-state index is 13.2. The van der Waals surface area contributed by atoms with E-state index in [4.69, 9.17) is 14.9 Å². The Bertz CT molecular complexity index is 820. The van der Waals surface area contributed by atoms with E-state index in [1.165, 1.54) is 0 Å². The smallest absolute Gasteiger partial charge is 0.267 e. The van der Waals surface area contributed by atoms with Crippen molar-refractivity contribution in [3.05, 3.63) is 24.3 Å². The zero-order valence-electron chi connectivity index (χ0n) is 19.5. The molecule has 0 bridgehead atoms. The van der Waals surface area contributed by atoms with Gasteiger partial charge in [-0.05, 0) is 31.4 Å². The number of hydrogen-bond acceptors (Lipinski definition) is 5. The van der Waals surface area contributed by atoms with Crippen LogP contribution in [-0.2, 0) is 9.59 Å². The lowest BCUT2D eigenvalue weighted by atomic mass is 9.87. The van der Waals surface area contributed by atoms with E-state index < -0.39 is 11.6 Å². The zero-order chi connectivity index (χ0) is 23.1. The number of hydrogen-bond donors (Lipinski definition) is 2. The van der Waals surface area contributed by atoms with Crippen LogP contribution in [0.25, 0.3) is 0 Å². The van der Waals surface area contributed by atoms with Crippen molar-refractivity contribution in [1.82, 2.24) is 15.1 Å². The Morgan fingerprint density at radius 3 is 2.50 bits per heavy atom. The highest BCUT2D eigenvalue weighted by Crippen LogP contribution is 2.31. The lowest BCUT2D eigenvalue weighted by molar-refractivity contribution is -0.139. The minimum absolute atomic E-state index is 0.000926. The number of unbranched alkanes of at least 4 members (excludes halogenated alkanes) is 2. The van der Waals surface area contributed by atoms with Gasteiger partial charge in [-0.15, -0.1) is 0 Å². The van der Waals surface area contributed by atoms with Crippen LogP contribution in [0.3, 0.4) is 0 Å². The standard InChI is InChI=1S/C24H36N4O4/c1-4-6-13-24(14-7-5-2)22(30)28(23(25)26-24)16-10-15-27(3)21(29)20-17-31-18-11-8-9-12-19(18)32-20/h8-9,11-12,20H,4-7,10,13-17H2,1-3H3,(H2,25,26). The van der Waals surface area contributed by atoms with Crippen molar-refractivity contribution in [2.24, 2.45) is 0 Å². The highest BCUT2D eigenvalue weighted by molar-refractivity contribution is 6.07. The van der Waals surface area contributed by atoms with E-state index in [2.05, 4.69) is 19.2 Å². The number of carbonyl (C=O) groups is 2. The van der Waals surface area contributed by atoms with Crippen molar-refractivity contribution in [2.45, 2.75) is 70.4 Å². The van der Waals surface area contributed by atoms with E-state index in [1.54, 1.807) is 22.9 Å². The zero-order valence-corrected chi connectivity index (χ0v) is 19.5. The summed E-state index contributed by atoms with van der Waals surface area (Å²) in [5, 5.41) is 11.5. The van der Waals surface area contributed by atoms with E-state index in [0.717, 1.165) is 38.5 Å². The molecule has 1 saturated heterocycles. The number of ether oxygens (including phenoxy) is 2. The number of guanidine groups is 1. The van der Waals surface area contributed by atoms with Gasteiger partial charge in [-0.1, -0.05) is 51.7 Å². The molecule has 1 aromatic rings. The number of fused-ring (bicyclic) bond motifs is 1. The van der Waals surface area contributed by atoms with Gasteiger partial charge in [0.05, 0.1) is 0 Å². The Kier molecular flexibility index (Phi) is 7.99. The molecule has 0 saturated carbocycles. The van der Waals surface area contributed by atoms with Crippen LogP contribution >= 0.6 is 0 Å². The number of nitrogens with zero attached hydrogens (tertiary/aromatic N) is 2. The summed E-state index contributed by atoms with van der Waals surface area (Å²) in [6.45, 7) is 5.28. The van der Waals surface area contributed by atoms with Gasteiger partial charge in [0.1, 0.15) is 12.1 Å². The Hall–Kier alpha value is -2.77. The second-order valence-electron chi connectivity index (χ2n) is 8.70. The van der Waals surface area contributed by atoms with Crippen LogP contribution in [0.15, 0.2) is 24.3 Å². The normalized spacial score (nSPS) is 19.1. The SMILES string of the molecule is CCCCC1(CCCC)NC(=N)N(CCCN(C)C(=O)C2COc3ccccc3O2)C1=O. The highest BCUT2D eigenvalue weighted by Gasteiger charge is 2.48. The van der Waals surface area contributed by atoms with Crippen LogP contribution < -0.4 is 14.8 Å². The van der Waals surface area contributed by atoms with Gasteiger partial charge in [0, 0.05) is 20.1 Å². The minimum Gasteiger partial charge on any atom is -0.485 e. The van der Waals surface area contributed by atoms with Crippen molar-refractivity contribution < 1.29 is 19.1 Å². The van der Waals surface area contributed by atoms with Crippen molar-refractivity contribution >= 4 is 17.8 Å². The molecular formula is C24H36N4O4. The predicted molar refractivity (Wildman–Crippen MR) is 123 cm³/mol. The molecule has 2 aliphatic heterocycles. The molecule has 1 unspecified atom stereocenters. The quantitative estimate of drug-likeness (QED) is 0.547. The summed E-state index contributed by atoms with van der Waals surface area (Å²) in [5.74, 6) is 1.24. The molecule has 0 aliphatic carbocycles. The van der Waals surface area contributed by atoms with E-state index in [9.17, 15) is 9.59 Å². The van der Waals surface area contributed by atoms with Crippen molar-refractivity contribution in [1.29, 1.82) is 5.41 Å². The first-order valence-corrected chi connectivity index (χ1v) is 11.7. The Morgan fingerprint density at radius 1 is 1.19 bits per heavy atom. The molecule has 2 aliphatic rings. The predicted octanol–water partition coefficient (Wildman–Crippen LogP) is 3.16. The lowest BCUT2D eigenvalue weighted by Crippen LogP contribution is -2.47. The first-order valence-electron chi connectivity index (χ1n) is 11.7. The maximum atomic E-state index is 13.2. The molecule has 0 spiro atoms. The van der Waals surface area contributed by atoms with Crippen LogP contribution in [0.1, 0.15) is 58.8 Å². The fraction of sp³-hybridized carbons (Fsp3) is 0.625. The molecule has 32 heavy (non-hydrogen) atoms. The molecule has 1 aromatic carbocycles. The first kappa shape index (κ1) is 23.9. The van der Waals surface area contributed by atoms with E-state index >= 15 is 0 Å². The summed E-state index contributed by atoms with van der Waals surface area (Å²) in [7, 11) is 1.73. The topological polar surface area (TPSA) is 95.0 Å². The third-order valence-electron chi connectivity index (χ3n) is 6.23. The molecule has 176 valence electrons. The molecule has 8 heteroatoms. The summed E-state index contributed by atoms with van der Waals surface area (Å²) in [4.78, 5) is 29.2. The molecule has 2 N–H and O–H groups in total. The number of amides is 2. The molecule has 0 radical (unpaired) electrons. The lowest BCUT2D eigenvalue weighted by Gasteiger charge is -2.29. The van der Waals surface area contributed by atoms with E-state index in [0.29, 0.717) is 31.0 Å². The number of carbonyl (C=O) groups excluding carboxylic acids is 2. The fourth-order valence-corrected chi connectivity index (χ4v) is 4.31. The number of rotatable bonds is 11. The molecule has 8 nitrogen and oxygen atoms in total. The third kappa shape index (κ3) is 5.16. The van der Waals surface area contributed by atoms with Crippen molar-refractivity contribution in [3.8, 4) is 11.5 Å². The van der Waals surface area contributed by atoms with Gasteiger partial charge in [-0.25, -0.2) is 0 Å². The van der Waals surface area contributed by atoms with Crippen LogP contribution in [-0.4, -0.2) is 66.0 Å². The Morgan fingerprint density at radius 2 is 1.84 bits per heavy atom. The van der Waals surface area contributed by atoms with Crippen molar-refractivity contribution in [3.63, 3.8) is 0 Å². The van der Waals surface area contributed by atoms with Gasteiger partial charge >= 0.3 is 0 Å². The van der Waals surface area contributed by atoms with Crippen LogP contribution in [0.5, 0.6) is 11.5 Å². The molecule has 0 aromatic heterocycles. The van der Waals surface area contributed by atoms with Gasteiger partial charge < -0.3 is 19.7 Å². The summed E-state index contributed by atoms with van der Waals surface area (Å²) in [6, 6.07) is 7.31.